The summed E-state index contributed by atoms with van der Waals surface area (Å²) in [7, 11) is 0. The predicted octanol–water partition coefficient (Wildman–Crippen LogP) is 2.24. The van der Waals surface area contributed by atoms with E-state index in [4.69, 9.17) is 15.6 Å². The van der Waals surface area contributed by atoms with Crippen LogP contribution in [0.15, 0.2) is 23.1 Å². The van der Waals surface area contributed by atoms with Crippen LogP contribution in [0.5, 0.6) is 0 Å². The molecule has 5 heteroatoms. The molecule has 1 aliphatic heterocycles. The Bertz CT molecular complexity index is 436. The Kier molecular flexibility index (Phi) is 3.59. The fraction of sp³-hybridized carbons (Fsp3) is 0.417. The quantitative estimate of drug-likeness (QED) is 0.808. The lowest BCUT2D eigenvalue weighted by Crippen LogP contribution is -2.14. The number of carboxylic acid groups (broad SMARTS) is 1. The van der Waals surface area contributed by atoms with E-state index in [1.54, 1.807) is 23.9 Å². The van der Waals surface area contributed by atoms with Crippen molar-refractivity contribution in [3.05, 3.63) is 23.8 Å². The summed E-state index contributed by atoms with van der Waals surface area (Å²) in [6, 6.07) is 5.01. The Hall–Kier alpha value is -1.20. The summed E-state index contributed by atoms with van der Waals surface area (Å²) >= 11 is 1.56. The van der Waals surface area contributed by atoms with Gasteiger partial charge < -0.3 is 15.6 Å². The van der Waals surface area contributed by atoms with Gasteiger partial charge in [-0.2, -0.15) is 0 Å². The summed E-state index contributed by atoms with van der Waals surface area (Å²) in [6.45, 7) is 2.76. The van der Waals surface area contributed by atoms with Gasteiger partial charge in [-0.3, -0.25) is 0 Å². The topological polar surface area (TPSA) is 72.5 Å². The van der Waals surface area contributed by atoms with Crippen LogP contribution in [0.2, 0.25) is 0 Å². The van der Waals surface area contributed by atoms with Crippen molar-refractivity contribution in [1.29, 1.82) is 0 Å². The van der Waals surface area contributed by atoms with E-state index >= 15 is 0 Å². The fourth-order valence-electron chi connectivity index (χ4n) is 1.85. The first kappa shape index (κ1) is 12.3. The molecule has 0 bridgehead atoms. The van der Waals surface area contributed by atoms with E-state index in [2.05, 4.69) is 0 Å². The first-order valence-electron chi connectivity index (χ1n) is 5.49. The second kappa shape index (κ2) is 4.98. The number of hydrogen-bond donors (Lipinski definition) is 2. The van der Waals surface area contributed by atoms with Crippen LogP contribution >= 0.6 is 11.8 Å². The van der Waals surface area contributed by atoms with Crippen LogP contribution in [0.1, 0.15) is 23.7 Å². The van der Waals surface area contributed by atoms with Gasteiger partial charge in [0.1, 0.15) is 0 Å². The molecule has 2 atom stereocenters. The monoisotopic (exact) mass is 253 g/mol. The standard InChI is InChI=1S/C12H15NO3S/c1-7-10(4-5-16-7)17-11-3-2-8(13)6-9(11)12(14)15/h2-3,6-7,10H,4-5,13H2,1H3,(H,14,15). The molecular weight excluding hydrogens is 238 g/mol. The molecule has 1 fully saturated rings. The van der Waals surface area contributed by atoms with Crippen molar-refractivity contribution >= 4 is 23.4 Å². The third kappa shape index (κ3) is 2.73. The van der Waals surface area contributed by atoms with Gasteiger partial charge in [-0.05, 0) is 31.5 Å². The molecular formula is C12H15NO3S. The maximum absolute atomic E-state index is 11.1. The van der Waals surface area contributed by atoms with E-state index in [0.717, 1.165) is 17.9 Å². The van der Waals surface area contributed by atoms with Crippen LogP contribution in [0.3, 0.4) is 0 Å². The molecule has 92 valence electrons. The lowest BCUT2D eigenvalue weighted by atomic mass is 10.2. The zero-order valence-corrected chi connectivity index (χ0v) is 10.4. The third-order valence-corrected chi connectivity index (χ3v) is 4.35. The van der Waals surface area contributed by atoms with Gasteiger partial charge in [0, 0.05) is 22.4 Å². The molecule has 2 rings (SSSR count). The SMILES string of the molecule is CC1OCCC1Sc1ccc(N)cc1C(=O)O. The minimum absolute atomic E-state index is 0.166. The molecule has 1 saturated heterocycles. The second-order valence-electron chi connectivity index (χ2n) is 4.08. The molecule has 4 nitrogen and oxygen atoms in total. The first-order valence-corrected chi connectivity index (χ1v) is 6.37. The van der Waals surface area contributed by atoms with Crippen LogP contribution in [-0.2, 0) is 4.74 Å². The molecule has 0 amide bonds. The predicted molar refractivity (Wildman–Crippen MR) is 67.5 cm³/mol. The van der Waals surface area contributed by atoms with E-state index in [1.807, 2.05) is 6.92 Å². The van der Waals surface area contributed by atoms with Gasteiger partial charge in [0.05, 0.1) is 11.7 Å². The van der Waals surface area contributed by atoms with Crippen molar-refractivity contribution in [3.8, 4) is 0 Å². The average molecular weight is 253 g/mol. The number of carbonyl (C=O) groups is 1. The molecule has 0 radical (unpaired) electrons. The Labute approximate surface area is 104 Å². The van der Waals surface area contributed by atoms with Gasteiger partial charge in [0.15, 0.2) is 0 Å². The summed E-state index contributed by atoms with van der Waals surface area (Å²) in [4.78, 5) is 11.9. The van der Waals surface area contributed by atoms with Crippen molar-refractivity contribution < 1.29 is 14.6 Å². The number of rotatable bonds is 3. The number of thioether (sulfide) groups is 1. The van der Waals surface area contributed by atoms with Crippen LogP contribution in [0, 0.1) is 0 Å². The van der Waals surface area contributed by atoms with Gasteiger partial charge in [-0.25, -0.2) is 4.79 Å². The van der Waals surface area contributed by atoms with Crippen LogP contribution in [0.4, 0.5) is 5.69 Å². The minimum Gasteiger partial charge on any atom is -0.478 e. The van der Waals surface area contributed by atoms with Gasteiger partial charge in [0.25, 0.3) is 0 Å². The minimum atomic E-state index is -0.939. The molecule has 1 aromatic rings. The number of anilines is 1. The highest BCUT2D eigenvalue weighted by atomic mass is 32.2. The van der Waals surface area contributed by atoms with Crippen LogP contribution in [-0.4, -0.2) is 29.0 Å². The highest BCUT2D eigenvalue weighted by Crippen LogP contribution is 2.35. The average Bonchev–Trinajstić information content (AvgIpc) is 2.67. The molecule has 0 aliphatic carbocycles. The van der Waals surface area contributed by atoms with E-state index < -0.39 is 5.97 Å². The van der Waals surface area contributed by atoms with E-state index in [1.165, 1.54) is 6.07 Å². The Morgan fingerprint density at radius 1 is 1.59 bits per heavy atom. The molecule has 0 spiro atoms. The van der Waals surface area contributed by atoms with Crippen molar-refractivity contribution in [2.45, 2.75) is 29.6 Å². The summed E-state index contributed by atoms with van der Waals surface area (Å²) in [5, 5.41) is 9.45. The maximum atomic E-state index is 11.1. The molecule has 0 saturated carbocycles. The fourth-order valence-corrected chi connectivity index (χ4v) is 3.08. The molecule has 1 aliphatic rings. The van der Waals surface area contributed by atoms with Crippen molar-refractivity contribution in [2.75, 3.05) is 12.3 Å². The zero-order valence-electron chi connectivity index (χ0n) is 9.55. The van der Waals surface area contributed by atoms with Crippen molar-refractivity contribution in [2.24, 2.45) is 0 Å². The number of aromatic carboxylic acids is 1. The zero-order chi connectivity index (χ0) is 12.4. The highest BCUT2D eigenvalue weighted by molar-refractivity contribution is 8.00. The normalized spacial score (nSPS) is 23.8. The first-order chi connectivity index (χ1) is 8.08. The van der Waals surface area contributed by atoms with Crippen LogP contribution < -0.4 is 5.73 Å². The van der Waals surface area contributed by atoms with E-state index in [0.29, 0.717) is 10.9 Å². The van der Waals surface area contributed by atoms with Crippen molar-refractivity contribution in [3.63, 3.8) is 0 Å². The molecule has 2 unspecified atom stereocenters. The number of hydrogen-bond acceptors (Lipinski definition) is 4. The van der Waals surface area contributed by atoms with Gasteiger partial charge in [-0.1, -0.05) is 0 Å². The Morgan fingerprint density at radius 3 is 2.94 bits per heavy atom. The molecule has 17 heavy (non-hydrogen) atoms. The van der Waals surface area contributed by atoms with Gasteiger partial charge >= 0.3 is 5.97 Å². The lowest BCUT2D eigenvalue weighted by Gasteiger charge is -2.15. The number of nitrogen functional groups attached to an aromatic ring is 1. The number of nitrogens with two attached hydrogens (primary N) is 1. The Balaban J connectivity index is 2.22. The summed E-state index contributed by atoms with van der Waals surface area (Å²) in [6.07, 6.45) is 1.12. The lowest BCUT2D eigenvalue weighted by molar-refractivity contribution is 0.0693. The molecule has 0 aromatic heterocycles. The van der Waals surface area contributed by atoms with Crippen LogP contribution in [0.25, 0.3) is 0 Å². The second-order valence-corrected chi connectivity index (χ2v) is 5.36. The number of ether oxygens (including phenoxy) is 1. The Morgan fingerprint density at radius 2 is 2.35 bits per heavy atom. The molecule has 1 heterocycles. The van der Waals surface area contributed by atoms with E-state index in [-0.39, 0.29) is 11.7 Å². The smallest absolute Gasteiger partial charge is 0.336 e. The highest BCUT2D eigenvalue weighted by Gasteiger charge is 2.26. The van der Waals surface area contributed by atoms with E-state index in [9.17, 15) is 4.79 Å². The third-order valence-electron chi connectivity index (χ3n) is 2.82. The number of carboxylic acids is 1. The number of benzene rings is 1. The molecule has 3 N–H and O–H groups in total. The summed E-state index contributed by atoms with van der Waals surface area (Å²) < 4.78 is 5.47. The van der Waals surface area contributed by atoms with Crippen molar-refractivity contribution in [1.82, 2.24) is 0 Å². The largest absolute Gasteiger partial charge is 0.478 e. The maximum Gasteiger partial charge on any atom is 0.336 e. The molecule has 1 aromatic carbocycles. The summed E-state index contributed by atoms with van der Waals surface area (Å²) in [5.74, 6) is -0.939. The summed E-state index contributed by atoms with van der Waals surface area (Å²) in [5.41, 5.74) is 6.35. The van der Waals surface area contributed by atoms with Gasteiger partial charge in [0.2, 0.25) is 0 Å². The van der Waals surface area contributed by atoms with Gasteiger partial charge in [-0.15, -0.1) is 11.8 Å².